The highest BCUT2D eigenvalue weighted by Crippen LogP contribution is 2.23. The normalized spacial score (nSPS) is 11.0. The third-order valence-corrected chi connectivity index (χ3v) is 4.92. The fourth-order valence-corrected chi connectivity index (χ4v) is 3.31. The molecule has 0 bridgehead atoms. The van der Waals surface area contributed by atoms with Gasteiger partial charge in [-0.25, -0.2) is 9.50 Å². The van der Waals surface area contributed by atoms with E-state index in [-0.39, 0.29) is 0 Å². The number of hydrogen-bond acceptors (Lipinski definition) is 5. The van der Waals surface area contributed by atoms with Crippen molar-refractivity contribution in [3.05, 3.63) is 78.5 Å². The van der Waals surface area contributed by atoms with Crippen molar-refractivity contribution in [1.29, 1.82) is 0 Å². The summed E-state index contributed by atoms with van der Waals surface area (Å²) in [6, 6.07) is 22.5. The maximum atomic E-state index is 5.68. The van der Waals surface area contributed by atoms with Crippen molar-refractivity contribution in [2.75, 3.05) is 25.0 Å². The number of anilines is 1. The van der Waals surface area contributed by atoms with Crippen LogP contribution in [-0.2, 0) is 6.42 Å². The summed E-state index contributed by atoms with van der Waals surface area (Å²) >= 11 is 0. The first-order chi connectivity index (χ1) is 14.8. The van der Waals surface area contributed by atoms with E-state index in [2.05, 4.69) is 34.6 Å². The lowest BCUT2D eigenvalue weighted by Crippen LogP contribution is -2.07. The van der Waals surface area contributed by atoms with E-state index in [1.165, 1.54) is 5.56 Å². The Bertz CT molecular complexity index is 1060. The fraction of sp³-hybridized carbons (Fsp3) is 0.250. The Labute approximate surface area is 176 Å². The van der Waals surface area contributed by atoms with Crippen LogP contribution in [-0.4, -0.2) is 34.3 Å². The summed E-state index contributed by atoms with van der Waals surface area (Å²) in [7, 11) is 0. The molecular formula is C24H27N5O. The molecule has 30 heavy (non-hydrogen) atoms. The lowest BCUT2D eigenvalue weighted by molar-refractivity contribution is 0.313. The molecular weight excluding hydrogens is 374 g/mol. The summed E-state index contributed by atoms with van der Waals surface area (Å²) in [4.78, 5) is 4.48. The van der Waals surface area contributed by atoms with E-state index in [9.17, 15) is 0 Å². The van der Waals surface area contributed by atoms with Crippen LogP contribution in [0, 0.1) is 0 Å². The smallest absolute Gasteiger partial charge is 0.154 e. The highest BCUT2D eigenvalue weighted by atomic mass is 16.5. The van der Waals surface area contributed by atoms with Crippen molar-refractivity contribution in [2.45, 2.75) is 19.3 Å². The van der Waals surface area contributed by atoms with Gasteiger partial charge in [-0.15, -0.1) is 5.10 Å². The fourth-order valence-electron chi connectivity index (χ4n) is 3.31. The Balaban J connectivity index is 1.41. The maximum Gasteiger partial charge on any atom is 0.154 e. The van der Waals surface area contributed by atoms with Crippen LogP contribution in [0.5, 0.6) is 5.75 Å². The third-order valence-electron chi connectivity index (χ3n) is 4.92. The molecule has 4 rings (SSSR count). The molecule has 6 heteroatoms. The van der Waals surface area contributed by atoms with Crippen LogP contribution in [0.1, 0.15) is 18.4 Å². The Morgan fingerprint density at radius 2 is 1.77 bits per heavy atom. The van der Waals surface area contributed by atoms with E-state index in [0.29, 0.717) is 13.2 Å². The molecule has 0 saturated carbocycles. The van der Waals surface area contributed by atoms with Gasteiger partial charge in [0, 0.05) is 12.1 Å². The second-order valence-corrected chi connectivity index (χ2v) is 7.16. The summed E-state index contributed by atoms with van der Waals surface area (Å²) in [5.41, 5.74) is 9.68. The second kappa shape index (κ2) is 9.89. The minimum atomic E-state index is 0.631. The predicted octanol–water partition coefficient (Wildman–Crippen LogP) is 4.17. The summed E-state index contributed by atoms with van der Waals surface area (Å²) < 4.78 is 7.56. The number of imidazole rings is 1. The van der Waals surface area contributed by atoms with Gasteiger partial charge in [-0.3, -0.25) is 0 Å². The zero-order valence-electron chi connectivity index (χ0n) is 17.0. The Hall–Kier alpha value is -3.38. The summed E-state index contributed by atoms with van der Waals surface area (Å²) in [5.74, 6) is 1.69. The average molecular weight is 402 g/mol. The first kappa shape index (κ1) is 19.9. The van der Waals surface area contributed by atoms with Crippen molar-refractivity contribution < 1.29 is 4.74 Å². The van der Waals surface area contributed by atoms with E-state index in [0.717, 1.165) is 54.3 Å². The van der Waals surface area contributed by atoms with E-state index in [1.807, 2.05) is 53.2 Å². The number of nitrogens with two attached hydrogens (primary N) is 1. The van der Waals surface area contributed by atoms with E-state index >= 15 is 0 Å². The lowest BCUT2D eigenvalue weighted by Gasteiger charge is -2.08. The molecule has 154 valence electrons. The highest BCUT2D eigenvalue weighted by molar-refractivity contribution is 5.64. The molecule has 6 nitrogen and oxygen atoms in total. The molecule has 0 spiro atoms. The molecule has 2 aromatic carbocycles. The predicted molar refractivity (Wildman–Crippen MR) is 121 cm³/mol. The largest absolute Gasteiger partial charge is 0.494 e. The zero-order valence-corrected chi connectivity index (χ0v) is 17.0. The number of aryl methyl sites for hydroxylation is 1. The van der Waals surface area contributed by atoms with Crippen molar-refractivity contribution in [1.82, 2.24) is 14.6 Å². The van der Waals surface area contributed by atoms with Crippen molar-refractivity contribution >= 4 is 11.5 Å². The van der Waals surface area contributed by atoms with Gasteiger partial charge in [-0.05, 0) is 67.8 Å². The monoisotopic (exact) mass is 401 g/mol. The quantitative estimate of drug-likeness (QED) is 0.390. The summed E-state index contributed by atoms with van der Waals surface area (Å²) in [6.07, 6.45) is 4.80. The van der Waals surface area contributed by atoms with Crippen LogP contribution >= 0.6 is 0 Å². The first-order valence-corrected chi connectivity index (χ1v) is 10.4. The van der Waals surface area contributed by atoms with Gasteiger partial charge in [-0.1, -0.05) is 30.3 Å². The first-order valence-electron chi connectivity index (χ1n) is 10.4. The molecule has 2 aromatic heterocycles. The Morgan fingerprint density at radius 3 is 2.57 bits per heavy atom. The van der Waals surface area contributed by atoms with E-state index in [4.69, 9.17) is 15.6 Å². The number of ether oxygens (including phenoxy) is 1. The Morgan fingerprint density at radius 1 is 0.933 bits per heavy atom. The number of hydrogen-bond donors (Lipinski definition) is 2. The van der Waals surface area contributed by atoms with E-state index < -0.39 is 0 Å². The van der Waals surface area contributed by atoms with Gasteiger partial charge in [0.1, 0.15) is 11.6 Å². The summed E-state index contributed by atoms with van der Waals surface area (Å²) in [5, 5.41) is 8.16. The molecule has 0 amide bonds. The molecule has 2 heterocycles. The van der Waals surface area contributed by atoms with Crippen LogP contribution < -0.4 is 15.8 Å². The lowest BCUT2D eigenvalue weighted by atomic mass is 10.1. The van der Waals surface area contributed by atoms with Crippen LogP contribution in [0.2, 0.25) is 0 Å². The molecule has 4 aromatic rings. The van der Waals surface area contributed by atoms with Gasteiger partial charge < -0.3 is 15.8 Å². The van der Waals surface area contributed by atoms with Crippen LogP contribution in [0.3, 0.4) is 0 Å². The van der Waals surface area contributed by atoms with Crippen LogP contribution in [0.25, 0.3) is 16.9 Å². The molecule has 0 aliphatic carbocycles. The molecule has 0 atom stereocenters. The maximum absolute atomic E-state index is 5.68. The Kier molecular flexibility index (Phi) is 6.57. The summed E-state index contributed by atoms with van der Waals surface area (Å²) in [6.45, 7) is 2.13. The molecule has 0 unspecified atom stereocenters. The minimum Gasteiger partial charge on any atom is -0.494 e. The van der Waals surface area contributed by atoms with Crippen molar-refractivity contribution in [3.63, 3.8) is 0 Å². The van der Waals surface area contributed by atoms with Crippen LogP contribution in [0.4, 0.5) is 5.82 Å². The molecule has 0 fully saturated rings. The van der Waals surface area contributed by atoms with Gasteiger partial charge in [0.15, 0.2) is 5.65 Å². The standard InChI is InChI=1S/C24H27N5O/c25-15-5-17-30-21-11-9-20(10-12-21)22-18-27-24-14-13-23(28-29(22)24)26-16-4-8-19-6-2-1-3-7-19/h1-3,6-7,9-14,18H,4-5,8,15-17,25H2,(H,26,28). The second-order valence-electron chi connectivity index (χ2n) is 7.16. The molecule has 0 aliphatic heterocycles. The molecule has 0 saturated heterocycles. The van der Waals surface area contributed by atoms with Gasteiger partial charge in [0.25, 0.3) is 0 Å². The SMILES string of the molecule is NCCCOc1ccc(-c2cnc3ccc(NCCCc4ccccc4)nn23)cc1. The topological polar surface area (TPSA) is 77.5 Å². The third kappa shape index (κ3) is 4.96. The number of rotatable bonds is 10. The number of nitrogens with zero attached hydrogens (tertiary/aromatic N) is 3. The van der Waals surface area contributed by atoms with Gasteiger partial charge >= 0.3 is 0 Å². The number of aromatic nitrogens is 3. The number of nitrogens with one attached hydrogen (secondary N) is 1. The highest BCUT2D eigenvalue weighted by Gasteiger charge is 2.08. The average Bonchev–Trinajstić information content (AvgIpc) is 3.21. The molecule has 3 N–H and O–H groups in total. The van der Waals surface area contributed by atoms with Crippen molar-refractivity contribution in [2.24, 2.45) is 5.73 Å². The number of fused-ring (bicyclic) bond motifs is 1. The number of benzene rings is 2. The van der Waals surface area contributed by atoms with Gasteiger partial charge in [0.05, 0.1) is 18.5 Å². The van der Waals surface area contributed by atoms with E-state index in [1.54, 1.807) is 0 Å². The zero-order chi connectivity index (χ0) is 20.6. The van der Waals surface area contributed by atoms with Gasteiger partial charge in [0.2, 0.25) is 0 Å². The minimum absolute atomic E-state index is 0.631. The van der Waals surface area contributed by atoms with Crippen molar-refractivity contribution in [3.8, 4) is 17.0 Å². The molecule has 0 radical (unpaired) electrons. The van der Waals surface area contributed by atoms with Gasteiger partial charge in [-0.2, -0.15) is 0 Å². The molecule has 0 aliphatic rings. The van der Waals surface area contributed by atoms with Crippen LogP contribution in [0.15, 0.2) is 72.9 Å².